The number of pyridine rings is 1. The number of terminal acetylenes is 1. The molecule has 2 aromatic rings. The van der Waals surface area contributed by atoms with Gasteiger partial charge >= 0.3 is 5.97 Å². The number of amides is 1. The molecular formula is C26H26Cl2N2O4. The van der Waals surface area contributed by atoms with Crippen LogP contribution in [0.15, 0.2) is 41.7 Å². The van der Waals surface area contributed by atoms with Crippen molar-refractivity contribution in [3.05, 3.63) is 62.9 Å². The van der Waals surface area contributed by atoms with Crippen molar-refractivity contribution in [2.45, 2.75) is 52.2 Å². The predicted molar refractivity (Wildman–Crippen MR) is 133 cm³/mol. The highest BCUT2D eigenvalue weighted by Gasteiger charge is 2.30. The number of anilines is 1. The van der Waals surface area contributed by atoms with E-state index in [1.807, 2.05) is 13.0 Å². The Balaban J connectivity index is 2.15. The van der Waals surface area contributed by atoms with Crippen molar-refractivity contribution in [1.29, 1.82) is 0 Å². The van der Waals surface area contributed by atoms with Crippen LogP contribution in [0.2, 0.25) is 10.0 Å². The number of aryl methyl sites for hydroxylation is 1. The van der Waals surface area contributed by atoms with Gasteiger partial charge in [0, 0.05) is 29.6 Å². The summed E-state index contributed by atoms with van der Waals surface area (Å²) in [5.41, 5.74) is 3.00. The largest absolute Gasteiger partial charge is 0.476 e. The number of aromatic nitrogens is 1. The number of halogens is 2. The molecular weight excluding hydrogens is 475 g/mol. The van der Waals surface area contributed by atoms with Crippen LogP contribution in [-0.2, 0) is 20.9 Å². The fourth-order valence-electron chi connectivity index (χ4n) is 3.79. The molecule has 1 unspecified atom stereocenters. The van der Waals surface area contributed by atoms with Crippen LogP contribution in [-0.4, -0.2) is 30.1 Å². The van der Waals surface area contributed by atoms with Crippen molar-refractivity contribution in [3.8, 4) is 18.1 Å². The Morgan fingerprint density at radius 2 is 1.91 bits per heavy atom. The summed E-state index contributed by atoms with van der Waals surface area (Å²) in [5, 5.41) is 0.532. The molecule has 1 aromatic carbocycles. The molecule has 34 heavy (non-hydrogen) atoms. The Morgan fingerprint density at radius 3 is 2.56 bits per heavy atom. The number of hydrogen-bond donors (Lipinski definition) is 0. The van der Waals surface area contributed by atoms with Crippen molar-refractivity contribution >= 4 is 40.8 Å². The van der Waals surface area contributed by atoms with Crippen LogP contribution >= 0.6 is 23.2 Å². The van der Waals surface area contributed by atoms with Crippen LogP contribution in [0.1, 0.15) is 43.7 Å². The van der Waals surface area contributed by atoms with Crippen molar-refractivity contribution in [2.75, 3.05) is 12.0 Å². The van der Waals surface area contributed by atoms with Gasteiger partial charge in [-0.05, 0) is 62.8 Å². The number of esters is 1. The lowest BCUT2D eigenvalue weighted by Crippen LogP contribution is -2.34. The van der Waals surface area contributed by atoms with E-state index in [1.54, 1.807) is 25.4 Å². The van der Waals surface area contributed by atoms with Gasteiger partial charge < -0.3 is 14.4 Å². The van der Waals surface area contributed by atoms with Gasteiger partial charge in [0.25, 0.3) is 5.91 Å². The Kier molecular flexibility index (Phi) is 8.60. The standard InChI is InChI=1S/C26H26Cl2N2O4/c1-5-17(3)34-24-13-23(21(27)12-22(24)28)30(15-18-14-29-11-10-16(18)2)25(31)19-8-6-7-9-20(19)26(32)33-4/h1,10-14,17H,6-9,15H2,2-4H3. The van der Waals surface area contributed by atoms with Gasteiger partial charge in [-0.15, -0.1) is 6.42 Å². The highest BCUT2D eigenvalue weighted by atomic mass is 35.5. The fourth-order valence-corrected chi connectivity index (χ4v) is 4.32. The lowest BCUT2D eigenvalue weighted by Gasteiger charge is -2.29. The SMILES string of the molecule is C#CC(C)Oc1cc(N(Cc2cnccc2C)C(=O)C2=C(C(=O)OC)CCCC2)c(Cl)cc1Cl. The molecule has 1 aromatic heterocycles. The van der Waals surface area contributed by atoms with Crippen LogP contribution < -0.4 is 9.64 Å². The van der Waals surface area contributed by atoms with Crippen LogP contribution in [0, 0.1) is 19.3 Å². The number of carbonyl (C=O) groups is 2. The van der Waals surface area contributed by atoms with E-state index in [-0.39, 0.29) is 22.5 Å². The van der Waals surface area contributed by atoms with Gasteiger partial charge in [0.1, 0.15) is 5.75 Å². The van der Waals surface area contributed by atoms with Crippen LogP contribution in [0.25, 0.3) is 0 Å². The first-order valence-corrected chi connectivity index (χ1v) is 11.7. The highest BCUT2D eigenvalue weighted by Crippen LogP contribution is 2.39. The average Bonchev–Trinajstić information content (AvgIpc) is 2.84. The molecule has 178 valence electrons. The van der Waals surface area contributed by atoms with Gasteiger partial charge in [-0.3, -0.25) is 9.78 Å². The summed E-state index contributed by atoms with van der Waals surface area (Å²) in [5.74, 6) is 1.97. The maximum atomic E-state index is 13.9. The zero-order valence-electron chi connectivity index (χ0n) is 19.4. The first-order valence-electron chi connectivity index (χ1n) is 10.9. The highest BCUT2D eigenvalue weighted by molar-refractivity contribution is 6.37. The minimum atomic E-state index is -0.539. The number of rotatable bonds is 7. The molecule has 3 rings (SSSR count). The van der Waals surface area contributed by atoms with Crippen molar-refractivity contribution in [2.24, 2.45) is 0 Å². The van der Waals surface area contributed by atoms with E-state index in [1.165, 1.54) is 18.1 Å². The molecule has 0 spiro atoms. The van der Waals surface area contributed by atoms with E-state index < -0.39 is 12.1 Å². The van der Waals surface area contributed by atoms with E-state index in [0.717, 1.165) is 24.0 Å². The Bertz CT molecular complexity index is 1170. The quantitative estimate of drug-likeness (QED) is 0.361. The second kappa shape index (κ2) is 11.4. The summed E-state index contributed by atoms with van der Waals surface area (Å²) in [6.45, 7) is 3.83. The summed E-state index contributed by atoms with van der Waals surface area (Å²) in [6.07, 6.45) is 10.9. The van der Waals surface area contributed by atoms with Crippen molar-refractivity contribution in [1.82, 2.24) is 4.98 Å². The number of benzene rings is 1. The first kappa shape index (κ1) is 25.6. The van der Waals surface area contributed by atoms with E-state index in [0.29, 0.717) is 35.4 Å². The molecule has 0 radical (unpaired) electrons. The number of carbonyl (C=O) groups excluding carboxylic acids is 2. The van der Waals surface area contributed by atoms with Crippen molar-refractivity contribution in [3.63, 3.8) is 0 Å². The molecule has 1 aliphatic rings. The molecule has 0 saturated heterocycles. The fraction of sp³-hybridized carbons (Fsp3) is 0.346. The van der Waals surface area contributed by atoms with Gasteiger partial charge in [0.05, 0.1) is 29.4 Å². The van der Waals surface area contributed by atoms with Gasteiger partial charge in [0.2, 0.25) is 0 Å². The number of nitrogens with zero attached hydrogens (tertiary/aromatic N) is 2. The Labute approximate surface area is 209 Å². The van der Waals surface area contributed by atoms with Gasteiger partial charge in [-0.25, -0.2) is 4.79 Å². The summed E-state index contributed by atoms with van der Waals surface area (Å²) in [4.78, 5) is 32.1. The molecule has 6 nitrogen and oxygen atoms in total. The molecule has 0 bridgehead atoms. The second-order valence-electron chi connectivity index (χ2n) is 8.01. The summed E-state index contributed by atoms with van der Waals surface area (Å²) in [6, 6.07) is 4.98. The zero-order valence-corrected chi connectivity index (χ0v) is 20.9. The number of ether oxygens (including phenoxy) is 2. The Morgan fingerprint density at radius 1 is 1.21 bits per heavy atom. The lowest BCUT2D eigenvalue weighted by molar-refractivity contribution is -0.136. The maximum Gasteiger partial charge on any atom is 0.334 e. The lowest BCUT2D eigenvalue weighted by atomic mass is 9.90. The van der Waals surface area contributed by atoms with Crippen LogP contribution in [0.3, 0.4) is 0 Å². The summed E-state index contributed by atoms with van der Waals surface area (Å²) >= 11 is 12.9. The third-order valence-electron chi connectivity index (χ3n) is 5.71. The number of hydrogen-bond acceptors (Lipinski definition) is 5. The van der Waals surface area contributed by atoms with Crippen LogP contribution in [0.4, 0.5) is 5.69 Å². The Hall–Kier alpha value is -3.01. The third kappa shape index (κ3) is 5.72. The minimum absolute atomic E-state index is 0.182. The maximum absolute atomic E-state index is 13.9. The third-order valence-corrected chi connectivity index (χ3v) is 6.31. The van der Waals surface area contributed by atoms with Gasteiger partial charge in [-0.2, -0.15) is 0 Å². The molecule has 0 fully saturated rings. The van der Waals surface area contributed by atoms with Gasteiger partial charge in [-0.1, -0.05) is 29.1 Å². The minimum Gasteiger partial charge on any atom is -0.476 e. The molecule has 0 N–H and O–H groups in total. The van der Waals surface area contributed by atoms with Crippen molar-refractivity contribution < 1.29 is 19.1 Å². The molecule has 0 aliphatic heterocycles. The monoisotopic (exact) mass is 500 g/mol. The van der Waals surface area contributed by atoms with Gasteiger partial charge in [0.15, 0.2) is 6.10 Å². The summed E-state index contributed by atoms with van der Waals surface area (Å²) < 4.78 is 10.7. The van der Waals surface area contributed by atoms with E-state index in [2.05, 4.69) is 10.9 Å². The molecule has 8 heteroatoms. The molecule has 1 aliphatic carbocycles. The summed E-state index contributed by atoms with van der Waals surface area (Å²) in [7, 11) is 1.31. The second-order valence-corrected chi connectivity index (χ2v) is 8.82. The smallest absolute Gasteiger partial charge is 0.334 e. The van der Waals surface area contributed by atoms with E-state index in [9.17, 15) is 9.59 Å². The molecule has 0 saturated carbocycles. The molecule has 1 atom stereocenters. The van der Waals surface area contributed by atoms with E-state index in [4.69, 9.17) is 39.1 Å². The predicted octanol–water partition coefficient (Wildman–Crippen LogP) is 5.67. The molecule has 1 amide bonds. The normalized spacial score (nSPS) is 14.2. The number of methoxy groups -OCH3 is 1. The topological polar surface area (TPSA) is 68.7 Å². The zero-order chi connectivity index (χ0) is 24.8. The first-order chi connectivity index (χ1) is 16.3. The average molecular weight is 501 g/mol. The molecule has 1 heterocycles. The van der Waals surface area contributed by atoms with E-state index >= 15 is 0 Å². The van der Waals surface area contributed by atoms with Crippen LogP contribution in [0.5, 0.6) is 5.75 Å².